The quantitative estimate of drug-likeness (QED) is 0.0471. The second-order valence-corrected chi connectivity index (χ2v) is 20.9. The summed E-state index contributed by atoms with van der Waals surface area (Å²) in [4.78, 5) is 0. The molecule has 0 radical (unpaired) electrons. The lowest BCUT2D eigenvalue weighted by molar-refractivity contribution is 0.400. The Morgan fingerprint density at radius 2 is 0.631 bits per heavy atom. The molecule has 0 fully saturated rings. The predicted octanol–water partition coefficient (Wildman–Crippen LogP) is 15.0. The van der Waals surface area contributed by atoms with Gasteiger partial charge >= 0.3 is 0 Å². The highest BCUT2D eigenvalue weighted by Crippen LogP contribution is 2.61. The molecule has 3 aliphatic rings. The molecule has 0 heterocycles. The average Bonchev–Trinajstić information content (AvgIpc) is 3.88. The molecule has 2 heteroatoms. The smallest absolute Gasteiger partial charge is 0.0886 e. The van der Waals surface area contributed by atoms with Gasteiger partial charge in [0.15, 0.2) is 0 Å². The largest absolute Gasteiger partial charge is 0.139 e. The fraction of sp³-hybridized carbons (Fsp3) is 0.429. The maximum absolute atomic E-state index is 2.78. The minimum Gasteiger partial charge on any atom is -0.0886 e. The average molecular weight is 855 g/mol. The molecule has 6 aromatic carbocycles. The van der Waals surface area contributed by atoms with Crippen molar-refractivity contribution in [1.29, 1.82) is 0 Å². The molecule has 0 aromatic heterocycles. The van der Waals surface area contributed by atoms with E-state index in [4.69, 9.17) is 0 Å². The second kappa shape index (κ2) is 19.7. The van der Waals surface area contributed by atoms with Crippen molar-refractivity contribution in [1.82, 2.24) is 0 Å². The lowest BCUT2D eigenvalue weighted by atomic mass is 9.63. The van der Waals surface area contributed by atoms with Gasteiger partial charge in [0.25, 0.3) is 0 Å². The zero-order valence-electron chi connectivity index (χ0n) is 41.2. The van der Waals surface area contributed by atoms with Crippen molar-refractivity contribution >= 4 is 26.6 Å². The third-order valence-electron chi connectivity index (χ3n) is 16.7. The van der Waals surface area contributed by atoms with Crippen LogP contribution < -0.4 is 10.9 Å². The molecule has 3 aliphatic carbocycles. The number of fused-ring (bicyclic) bond motifs is 9. The van der Waals surface area contributed by atoms with Crippen molar-refractivity contribution in [3.8, 4) is 33.4 Å². The predicted molar refractivity (Wildman–Crippen MR) is 288 cm³/mol. The van der Waals surface area contributed by atoms with Gasteiger partial charge in [-0.1, -0.05) is 263 Å². The van der Waals surface area contributed by atoms with Crippen molar-refractivity contribution in [2.45, 2.75) is 172 Å². The summed E-state index contributed by atoms with van der Waals surface area (Å²) >= 11 is 0. The maximum Gasteiger partial charge on any atom is 0.139 e. The Bertz CT molecular complexity index is 2400. The van der Waals surface area contributed by atoms with Gasteiger partial charge in [0.1, 0.15) is 15.7 Å². The van der Waals surface area contributed by atoms with Crippen LogP contribution in [0.25, 0.3) is 33.4 Å². The molecule has 0 amide bonds. The molecule has 0 atom stereocenters. The highest BCUT2D eigenvalue weighted by molar-refractivity contribution is 6.33. The lowest BCUT2D eigenvalue weighted by Gasteiger charge is -2.38. The van der Waals surface area contributed by atoms with Crippen molar-refractivity contribution in [2.24, 2.45) is 0 Å². The number of hydrogen-bond donors (Lipinski definition) is 0. The number of benzene rings is 6. The zero-order valence-corrected chi connectivity index (χ0v) is 41.2. The first-order valence-electron chi connectivity index (χ1n) is 26.6. The van der Waals surface area contributed by atoms with E-state index in [9.17, 15) is 0 Å². The topological polar surface area (TPSA) is 0 Å². The summed E-state index contributed by atoms with van der Waals surface area (Å²) in [6, 6.07) is 49.7. The van der Waals surface area contributed by atoms with Gasteiger partial charge in [-0.05, 0) is 104 Å². The molecular weight excluding hydrogens is 778 g/mol. The van der Waals surface area contributed by atoms with Crippen LogP contribution in [0.2, 0.25) is 0 Å². The molecule has 0 saturated heterocycles. The van der Waals surface area contributed by atoms with E-state index in [1.807, 2.05) is 0 Å². The molecule has 0 nitrogen and oxygen atoms in total. The lowest BCUT2D eigenvalue weighted by Crippen LogP contribution is -2.33. The molecule has 65 heavy (non-hydrogen) atoms. The number of rotatable bonds is 22. The van der Waals surface area contributed by atoms with E-state index >= 15 is 0 Å². The fourth-order valence-corrected chi connectivity index (χ4v) is 13.5. The van der Waals surface area contributed by atoms with Gasteiger partial charge in [-0.15, -0.1) is 0 Å². The third kappa shape index (κ3) is 7.91. The zero-order chi connectivity index (χ0) is 45.0. The molecule has 0 unspecified atom stereocenters. The van der Waals surface area contributed by atoms with Crippen molar-refractivity contribution < 1.29 is 0 Å². The van der Waals surface area contributed by atoms with Gasteiger partial charge in [-0.25, -0.2) is 0 Å². The van der Waals surface area contributed by atoms with E-state index in [-0.39, 0.29) is 10.8 Å². The van der Waals surface area contributed by atoms with Crippen molar-refractivity contribution in [2.75, 3.05) is 0 Å². The van der Waals surface area contributed by atoms with E-state index in [0.29, 0.717) is 0 Å². The van der Waals surface area contributed by atoms with E-state index < -0.39 is 5.41 Å². The SMILES string of the molecule is Bc1ccc2c(c1)C(c1ccc3c(c1)C(CCCCCC)(CCCCCC)c1ccccc1-3)(c1ccc3c(c1)C(CCCCCC)(CCCCCC)c1ccccc1-3)c1cc(B)ccc1-2. The summed E-state index contributed by atoms with van der Waals surface area (Å²) in [6.45, 7) is 9.42. The Morgan fingerprint density at radius 1 is 0.308 bits per heavy atom. The fourth-order valence-electron chi connectivity index (χ4n) is 13.5. The van der Waals surface area contributed by atoms with Crippen LogP contribution in [0.1, 0.15) is 201 Å². The molecule has 0 aliphatic heterocycles. The Labute approximate surface area is 396 Å². The molecule has 0 saturated carbocycles. The van der Waals surface area contributed by atoms with E-state index in [2.05, 4.69) is 165 Å². The minimum absolute atomic E-state index is 0.0137. The van der Waals surface area contributed by atoms with Crippen LogP contribution in [-0.2, 0) is 16.2 Å². The Balaban J connectivity index is 1.31. The highest BCUT2D eigenvalue weighted by atomic mass is 14.5. The number of unbranched alkanes of at least 4 members (excludes halogenated alkanes) is 12. The Morgan fingerprint density at radius 3 is 1.00 bits per heavy atom. The first kappa shape index (κ1) is 45.6. The van der Waals surface area contributed by atoms with Gasteiger partial charge in [-0.2, -0.15) is 0 Å². The first-order chi connectivity index (χ1) is 31.9. The van der Waals surface area contributed by atoms with Crippen LogP contribution in [-0.4, -0.2) is 15.7 Å². The summed E-state index contributed by atoms with van der Waals surface area (Å²) in [5, 5.41) is 0. The van der Waals surface area contributed by atoms with Gasteiger partial charge in [0, 0.05) is 10.8 Å². The summed E-state index contributed by atoms with van der Waals surface area (Å²) in [7, 11) is 4.63. The number of hydrogen-bond acceptors (Lipinski definition) is 0. The van der Waals surface area contributed by atoms with Crippen LogP contribution >= 0.6 is 0 Å². The van der Waals surface area contributed by atoms with Gasteiger partial charge in [0.2, 0.25) is 0 Å². The molecule has 0 N–H and O–H groups in total. The summed E-state index contributed by atoms with van der Waals surface area (Å²) < 4.78 is 0. The van der Waals surface area contributed by atoms with E-state index in [1.54, 1.807) is 22.3 Å². The molecule has 9 rings (SSSR count). The molecule has 6 aromatic rings. The first-order valence-corrected chi connectivity index (χ1v) is 26.6. The standard InChI is InChI=1S/C63H76B2/c1-5-9-13-21-37-61(38-22-14-10-6-2)55-27-19-17-25-49(55)51-33-29-45(41-57(51)61)63(59-43-47(64)31-35-53(59)54-36-32-48(65)44-60(54)63)46-30-34-52-50-26-18-20-28-56(50)62(58(52)42-46,39-23-15-11-7-3)40-24-16-12-8-4/h17-20,25-36,41-44H,5-16,21-24,37-40,64-65H2,1-4H3. The van der Waals surface area contributed by atoms with Crippen LogP contribution in [0, 0.1) is 0 Å². The van der Waals surface area contributed by atoms with Crippen LogP contribution in [0.5, 0.6) is 0 Å². The monoisotopic (exact) mass is 855 g/mol. The normalized spacial score (nSPS) is 15.3. The van der Waals surface area contributed by atoms with Gasteiger partial charge in [0.05, 0.1) is 5.41 Å². The summed E-state index contributed by atoms with van der Waals surface area (Å²) in [6.07, 6.45) is 25.6. The van der Waals surface area contributed by atoms with Crippen molar-refractivity contribution in [3.05, 3.63) is 166 Å². The maximum atomic E-state index is 2.78. The van der Waals surface area contributed by atoms with Crippen LogP contribution in [0.3, 0.4) is 0 Å². The van der Waals surface area contributed by atoms with E-state index in [0.717, 1.165) is 0 Å². The minimum atomic E-state index is -0.470. The molecule has 334 valence electrons. The van der Waals surface area contributed by atoms with Crippen LogP contribution in [0.15, 0.2) is 121 Å². The van der Waals surface area contributed by atoms with Gasteiger partial charge < -0.3 is 0 Å². The Hall–Kier alpha value is -4.55. The molecule has 0 bridgehead atoms. The Kier molecular flexibility index (Phi) is 13.8. The van der Waals surface area contributed by atoms with Gasteiger partial charge in [-0.3, -0.25) is 0 Å². The van der Waals surface area contributed by atoms with Crippen LogP contribution in [0.4, 0.5) is 0 Å². The molecule has 0 spiro atoms. The highest BCUT2D eigenvalue weighted by Gasteiger charge is 2.50. The second-order valence-electron chi connectivity index (χ2n) is 20.9. The third-order valence-corrected chi connectivity index (χ3v) is 16.7. The van der Waals surface area contributed by atoms with E-state index in [1.165, 1.54) is 195 Å². The molecular formula is C63H76B2. The summed E-state index contributed by atoms with van der Waals surface area (Å²) in [5.41, 5.74) is 23.1. The summed E-state index contributed by atoms with van der Waals surface area (Å²) in [5.74, 6) is 0. The van der Waals surface area contributed by atoms with Crippen molar-refractivity contribution in [3.63, 3.8) is 0 Å².